The molecule has 198 valence electrons. The minimum Gasteiger partial charge on any atom is -0.444 e. The number of amides is 3. The molecule has 4 N–H and O–H groups in total. The first-order valence-corrected chi connectivity index (χ1v) is 12.5. The van der Waals surface area contributed by atoms with Crippen LogP contribution in [-0.2, 0) is 14.2 Å². The van der Waals surface area contributed by atoms with E-state index in [0.29, 0.717) is 19.5 Å². The molecule has 3 atom stereocenters. The maximum atomic E-state index is 13.3. The maximum Gasteiger partial charge on any atom is 0.411 e. The first-order valence-electron chi connectivity index (χ1n) is 12.5. The van der Waals surface area contributed by atoms with Gasteiger partial charge in [0.25, 0.3) is 0 Å². The molecule has 1 saturated heterocycles. The molecule has 1 aliphatic rings. The number of hydrogen-bond acceptors (Lipinski definition) is 7. The molecule has 1 rings (SSSR count). The third-order valence-corrected chi connectivity index (χ3v) is 6.00. The van der Waals surface area contributed by atoms with Crippen molar-refractivity contribution in [2.24, 2.45) is 5.73 Å². The van der Waals surface area contributed by atoms with Crippen LogP contribution in [0.1, 0.15) is 87.0 Å². The summed E-state index contributed by atoms with van der Waals surface area (Å²) in [5.74, 6) is 0. The number of alkyl carbamates (subject to hydrolysis) is 2. The summed E-state index contributed by atoms with van der Waals surface area (Å²) < 4.78 is 17.1. The van der Waals surface area contributed by atoms with E-state index in [9.17, 15) is 14.4 Å². The van der Waals surface area contributed by atoms with Gasteiger partial charge in [0, 0.05) is 25.7 Å². The monoisotopic (exact) mass is 486 g/mol. The van der Waals surface area contributed by atoms with Crippen molar-refractivity contribution in [3.63, 3.8) is 0 Å². The molecule has 0 saturated carbocycles. The molecule has 1 aliphatic heterocycles. The van der Waals surface area contributed by atoms with Crippen LogP contribution in [0.25, 0.3) is 0 Å². The zero-order valence-electron chi connectivity index (χ0n) is 22.1. The molecule has 10 nitrogen and oxygen atoms in total. The van der Waals surface area contributed by atoms with Gasteiger partial charge in [-0.25, -0.2) is 14.4 Å². The molecule has 0 bridgehead atoms. The normalized spacial score (nSPS) is 22.4. The van der Waals surface area contributed by atoms with Gasteiger partial charge in [0.2, 0.25) is 0 Å². The lowest BCUT2D eigenvalue weighted by Gasteiger charge is -2.53. The Kier molecular flexibility index (Phi) is 11.9. The molecular formula is C24H46N4O6. The maximum absolute atomic E-state index is 13.3. The SMILES string of the molecule is CCCCNC(=O)OC(C)C1(C(C)OC(=O)NCCCC)CC(N)CCN1C(=O)OC(C)(C)C. The van der Waals surface area contributed by atoms with Gasteiger partial charge in [-0.05, 0) is 60.3 Å². The minimum absolute atomic E-state index is 0.276. The summed E-state index contributed by atoms with van der Waals surface area (Å²) in [7, 11) is 0. The Morgan fingerprint density at radius 2 is 1.47 bits per heavy atom. The van der Waals surface area contributed by atoms with Crippen LogP contribution in [0.15, 0.2) is 0 Å². The molecule has 10 heteroatoms. The highest BCUT2D eigenvalue weighted by Gasteiger charge is 2.56. The topological polar surface area (TPSA) is 132 Å². The zero-order chi connectivity index (χ0) is 25.9. The van der Waals surface area contributed by atoms with Crippen LogP contribution in [0.3, 0.4) is 0 Å². The van der Waals surface area contributed by atoms with Gasteiger partial charge in [0.15, 0.2) is 0 Å². The molecule has 0 aromatic rings. The Balaban J connectivity index is 3.26. The average molecular weight is 487 g/mol. The molecule has 0 aromatic heterocycles. The number of carbonyl (C=O) groups excluding carboxylic acids is 3. The van der Waals surface area contributed by atoms with Crippen molar-refractivity contribution in [3.05, 3.63) is 0 Å². The van der Waals surface area contributed by atoms with E-state index in [4.69, 9.17) is 19.9 Å². The average Bonchev–Trinajstić information content (AvgIpc) is 2.72. The lowest BCUT2D eigenvalue weighted by atomic mass is 9.76. The number of nitrogens with zero attached hydrogens (tertiary/aromatic N) is 1. The highest BCUT2D eigenvalue weighted by Crippen LogP contribution is 2.38. The molecular weight excluding hydrogens is 440 g/mol. The lowest BCUT2D eigenvalue weighted by Crippen LogP contribution is -2.70. The summed E-state index contributed by atoms with van der Waals surface area (Å²) in [5.41, 5.74) is 4.41. The van der Waals surface area contributed by atoms with Crippen molar-refractivity contribution in [2.75, 3.05) is 19.6 Å². The number of ether oxygens (including phenoxy) is 3. The first kappa shape index (κ1) is 29.8. The van der Waals surface area contributed by atoms with Gasteiger partial charge in [0.1, 0.15) is 23.3 Å². The van der Waals surface area contributed by atoms with E-state index in [-0.39, 0.29) is 19.0 Å². The summed E-state index contributed by atoms with van der Waals surface area (Å²) in [6.07, 6.45) is 0.915. The molecule has 34 heavy (non-hydrogen) atoms. The molecule has 1 heterocycles. The highest BCUT2D eigenvalue weighted by molar-refractivity contribution is 5.71. The van der Waals surface area contributed by atoms with E-state index >= 15 is 0 Å². The summed E-state index contributed by atoms with van der Waals surface area (Å²) in [6.45, 7) is 14.0. The molecule has 0 radical (unpaired) electrons. The van der Waals surface area contributed by atoms with E-state index in [2.05, 4.69) is 10.6 Å². The van der Waals surface area contributed by atoms with Crippen LogP contribution in [0, 0.1) is 0 Å². The predicted octanol–water partition coefficient (Wildman–Crippen LogP) is 3.91. The second kappa shape index (κ2) is 13.6. The van der Waals surface area contributed by atoms with E-state index in [1.807, 2.05) is 13.8 Å². The number of likely N-dealkylation sites (tertiary alicyclic amines) is 1. The predicted molar refractivity (Wildman–Crippen MR) is 131 cm³/mol. The summed E-state index contributed by atoms with van der Waals surface area (Å²) >= 11 is 0. The number of hydrogen-bond donors (Lipinski definition) is 3. The third-order valence-electron chi connectivity index (χ3n) is 6.00. The van der Waals surface area contributed by atoms with Crippen LogP contribution in [0.5, 0.6) is 0 Å². The van der Waals surface area contributed by atoms with Crippen molar-refractivity contribution in [2.45, 2.75) is 116 Å². The van der Waals surface area contributed by atoms with Crippen LogP contribution in [0.4, 0.5) is 14.4 Å². The van der Waals surface area contributed by atoms with Crippen LogP contribution in [0.2, 0.25) is 0 Å². The quantitative estimate of drug-likeness (QED) is 0.315. The summed E-state index contributed by atoms with van der Waals surface area (Å²) in [5, 5.41) is 5.46. The Morgan fingerprint density at radius 3 is 1.88 bits per heavy atom. The summed E-state index contributed by atoms with van der Waals surface area (Å²) in [4.78, 5) is 39.8. The number of piperidine rings is 1. The molecule has 0 aromatic carbocycles. The Morgan fingerprint density at radius 1 is 1.00 bits per heavy atom. The molecule has 1 fully saturated rings. The Hall–Kier alpha value is -2.23. The zero-order valence-corrected chi connectivity index (χ0v) is 22.1. The number of rotatable bonds is 10. The third kappa shape index (κ3) is 8.85. The second-order valence-corrected chi connectivity index (χ2v) is 10.0. The van der Waals surface area contributed by atoms with Gasteiger partial charge in [-0.3, -0.25) is 4.90 Å². The van der Waals surface area contributed by atoms with E-state index in [1.165, 1.54) is 4.90 Å². The van der Waals surface area contributed by atoms with E-state index in [0.717, 1.165) is 25.7 Å². The standard InChI is InChI=1S/C24H46N4O6/c1-8-10-13-26-20(29)32-17(3)24(18(4)33-21(30)27-14-11-9-2)16-19(25)12-15-28(24)22(31)34-23(5,6)7/h17-19H,8-16,25H2,1-7H3,(H,26,29)(H,27,30). The van der Waals surface area contributed by atoms with E-state index < -0.39 is 41.6 Å². The molecule has 0 spiro atoms. The van der Waals surface area contributed by atoms with Gasteiger partial charge in [0.05, 0.1) is 0 Å². The van der Waals surface area contributed by atoms with Crippen molar-refractivity contribution in [3.8, 4) is 0 Å². The number of nitrogens with one attached hydrogen (secondary N) is 2. The Labute approximate surface area is 204 Å². The fraction of sp³-hybridized carbons (Fsp3) is 0.875. The summed E-state index contributed by atoms with van der Waals surface area (Å²) in [6, 6.07) is -0.276. The van der Waals surface area contributed by atoms with Gasteiger partial charge in [-0.2, -0.15) is 0 Å². The highest BCUT2D eigenvalue weighted by atomic mass is 16.6. The van der Waals surface area contributed by atoms with E-state index in [1.54, 1.807) is 34.6 Å². The van der Waals surface area contributed by atoms with Crippen molar-refractivity contribution in [1.82, 2.24) is 15.5 Å². The van der Waals surface area contributed by atoms with Gasteiger partial charge in [-0.15, -0.1) is 0 Å². The van der Waals surface area contributed by atoms with Crippen molar-refractivity contribution >= 4 is 18.3 Å². The largest absolute Gasteiger partial charge is 0.444 e. The molecule has 3 unspecified atom stereocenters. The minimum atomic E-state index is -1.20. The van der Waals surface area contributed by atoms with Gasteiger partial charge in [-0.1, -0.05) is 26.7 Å². The fourth-order valence-corrected chi connectivity index (χ4v) is 4.16. The molecule has 0 aliphatic carbocycles. The number of nitrogens with two attached hydrogens (primary N) is 1. The van der Waals surface area contributed by atoms with Crippen LogP contribution in [-0.4, -0.2) is 72.2 Å². The molecule has 3 amide bonds. The number of unbranched alkanes of at least 4 members (excludes halogenated alkanes) is 2. The Bertz CT molecular complexity index is 636. The van der Waals surface area contributed by atoms with Gasteiger partial charge < -0.3 is 30.6 Å². The van der Waals surface area contributed by atoms with Crippen LogP contribution < -0.4 is 16.4 Å². The number of carbonyl (C=O) groups is 3. The second-order valence-electron chi connectivity index (χ2n) is 10.0. The van der Waals surface area contributed by atoms with Crippen molar-refractivity contribution in [1.29, 1.82) is 0 Å². The van der Waals surface area contributed by atoms with Crippen LogP contribution >= 0.6 is 0 Å². The van der Waals surface area contributed by atoms with Crippen molar-refractivity contribution < 1.29 is 28.6 Å². The van der Waals surface area contributed by atoms with Gasteiger partial charge >= 0.3 is 18.3 Å². The smallest absolute Gasteiger partial charge is 0.411 e. The first-order chi connectivity index (χ1) is 15.9. The lowest BCUT2D eigenvalue weighted by molar-refractivity contribution is -0.117. The fourth-order valence-electron chi connectivity index (χ4n) is 4.16.